The predicted molar refractivity (Wildman–Crippen MR) is 98.3 cm³/mol. The van der Waals surface area contributed by atoms with Gasteiger partial charge in [-0.1, -0.05) is 56.2 Å². The summed E-state index contributed by atoms with van der Waals surface area (Å²) in [7, 11) is 0. The van der Waals surface area contributed by atoms with Crippen molar-refractivity contribution in [1.29, 1.82) is 0 Å². The molecule has 0 amide bonds. The Kier molecular flexibility index (Phi) is 5.54. The third-order valence-corrected chi connectivity index (χ3v) is 4.36. The standard InChI is InChI=1S/C22H21F2N/c1-2-3-4-5-16-6-12-20(21(23)14-16)18-9-7-17(8-10-18)19-11-13-22(24)25-15-19/h6-15H,2-5H2,1H3. The van der Waals surface area contributed by atoms with Gasteiger partial charge in [0.1, 0.15) is 5.82 Å². The van der Waals surface area contributed by atoms with Crippen LogP contribution in [0.1, 0.15) is 31.7 Å². The van der Waals surface area contributed by atoms with E-state index in [1.807, 2.05) is 36.4 Å². The van der Waals surface area contributed by atoms with E-state index >= 15 is 0 Å². The highest BCUT2D eigenvalue weighted by Crippen LogP contribution is 2.27. The number of rotatable bonds is 6. The summed E-state index contributed by atoms with van der Waals surface area (Å²) in [6, 6.07) is 16.1. The zero-order chi connectivity index (χ0) is 17.6. The van der Waals surface area contributed by atoms with Crippen LogP contribution in [0, 0.1) is 11.8 Å². The maximum atomic E-state index is 14.5. The van der Waals surface area contributed by atoms with Gasteiger partial charge in [-0.15, -0.1) is 0 Å². The van der Waals surface area contributed by atoms with E-state index in [1.54, 1.807) is 12.1 Å². The zero-order valence-corrected chi connectivity index (χ0v) is 14.3. The van der Waals surface area contributed by atoms with Gasteiger partial charge in [0.25, 0.3) is 0 Å². The van der Waals surface area contributed by atoms with Gasteiger partial charge in [-0.25, -0.2) is 9.37 Å². The minimum atomic E-state index is -0.499. The van der Waals surface area contributed by atoms with Gasteiger partial charge in [0.2, 0.25) is 5.95 Å². The average Bonchev–Trinajstić information content (AvgIpc) is 2.63. The van der Waals surface area contributed by atoms with Crippen LogP contribution in [0.2, 0.25) is 0 Å². The van der Waals surface area contributed by atoms with Crippen molar-refractivity contribution in [2.45, 2.75) is 32.6 Å². The SMILES string of the molecule is CCCCCc1ccc(-c2ccc(-c3ccc(F)nc3)cc2)c(F)c1. The Hall–Kier alpha value is -2.55. The van der Waals surface area contributed by atoms with Crippen molar-refractivity contribution in [2.24, 2.45) is 0 Å². The van der Waals surface area contributed by atoms with Crippen LogP contribution in [0.4, 0.5) is 8.78 Å². The Balaban J connectivity index is 1.78. The van der Waals surface area contributed by atoms with E-state index < -0.39 is 5.95 Å². The van der Waals surface area contributed by atoms with E-state index in [-0.39, 0.29) is 5.82 Å². The van der Waals surface area contributed by atoms with Gasteiger partial charge >= 0.3 is 0 Å². The molecule has 1 heterocycles. The first-order chi connectivity index (χ1) is 12.2. The molecule has 1 nitrogen and oxygen atoms in total. The number of hydrogen-bond acceptors (Lipinski definition) is 1. The summed E-state index contributed by atoms with van der Waals surface area (Å²) in [5.41, 5.74) is 4.23. The second kappa shape index (κ2) is 8.02. The molecule has 25 heavy (non-hydrogen) atoms. The van der Waals surface area contributed by atoms with Crippen LogP contribution in [0.25, 0.3) is 22.3 Å². The minimum absolute atomic E-state index is 0.190. The smallest absolute Gasteiger partial charge is 0.212 e. The summed E-state index contributed by atoms with van der Waals surface area (Å²) >= 11 is 0. The molecule has 0 aliphatic heterocycles. The molecule has 3 aromatic rings. The number of pyridine rings is 1. The van der Waals surface area contributed by atoms with Gasteiger partial charge in [-0.05, 0) is 47.7 Å². The molecule has 0 atom stereocenters. The zero-order valence-electron chi connectivity index (χ0n) is 14.3. The van der Waals surface area contributed by atoms with Crippen molar-refractivity contribution in [3.63, 3.8) is 0 Å². The third-order valence-electron chi connectivity index (χ3n) is 4.36. The first-order valence-corrected chi connectivity index (χ1v) is 8.68. The largest absolute Gasteiger partial charge is 0.228 e. The van der Waals surface area contributed by atoms with Crippen molar-refractivity contribution in [3.05, 3.63) is 78.1 Å². The second-order valence-electron chi connectivity index (χ2n) is 6.22. The van der Waals surface area contributed by atoms with E-state index in [0.29, 0.717) is 5.56 Å². The maximum absolute atomic E-state index is 14.5. The Morgan fingerprint density at radius 1 is 0.800 bits per heavy atom. The fourth-order valence-corrected chi connectivity index (χ4v) is 2.92. The van der Waals surface area contributed by atoms with Crippen LogP contribution >= 0.6 is 0 Å². The Labute approximate surface area is 147 Å². The molecular formula is C22H21F2N. The molecular weight excluding hydrogens is 316 g/mol. The first kappa shape index (κ1) is 17.3. The molecule has 3 rings (SSSR count). The molecule has 128 valence electrons. The lowest BCUT2D eigenvalue weighted by molar-refractivity contribution is 0.584. The van der Waals surface area contributed by atoms with Crippen molar-refractivity contribution in [3.8, 4) is 22.3 Å². The molecule has 0 spiro atoms. The minimum Gasteiger partial charge on any atom is -0.228 e. The molecule has 0 N–H and O–H groups in total. The van der Waals surface area contributed by atoms with Gasteiger partial charge in [-0.2, -0.15) is 4.39 Å². The first-order valence-electron chi connectivity index (χ1n) is 8.68. The topological polar surface area (TPSA) is 12.9 Å². The number of halogens is 2. The fourth-order valence-electron chi connectivity index (χ4n) is 2.92. The molecule has 3 heteroatoms. The summed E-state index contributed by atoms with van der Waals surface area (Å²) in [6.07, 6.45) is 5.84. The molecule has 0 aliphatic rings. The van der Waals surface area contributed by atoms with E-state index in [0.717, 1.165) is 41.5 Å². The monoisotopic (exact) mass is 337 g/mol. The number of aryl methyl sites for hydroxylation is 1. The molecule has 0 saturated carbocycles. The van der Waals surface area contributed by atoms with Crippen molar-refractivity contribution in [1.82, 2.24) is 4.98 Å². The molecule has 0 bridgehead atoms. The van der Waals surface area contributed by atoms with E-state index in [4.69, 9.17) is 0 Å². The van der Waals surface area contributed by atoms with Gasteiger partial charge in [0.15, 0.2) is 0 Å². The number of unbranched alkanes of at least 4 members (excludes halogenated alkanes) is 2. The highest BCUT2D eigenvalue weighted by molar-refractivity contribution is 5.70. The summed E-state index contributed by atoms with van der Waals surface area (Å²) in [5.74, 6) is -0.688. The van der Waals surface area contributed by atoms with E-state index in [2.05, 4.69) is 11.9 Å². The number of aromatic nitrogens is 1. The number of hydrogen-bond donors (Lipinski definition) is 0. The summed E-state index contributed by atoms with van der Waals surface area (Å²) in [6.45, 7) is 2.16. The van der Waals surface area contributed by atoms with Gasteiger partial charge in [0.05, 0.1) is 0 Å². The van der Waals surface area contributed by atoms with Crippen LogP contribution in [-0.4, -0.2) is 4.98 Å². The van der Waals surface area contributed by atoms with Crippen molar-refractivity contribution >= 4 is 0 Å². The van der Waals surface area contributed by atoms with Crippen LogP contribution in [0.15, 0.2) is 60.8 Å². The molecule has 0 unspecified atom stereocenters. The Morgan fingerprint density at radius 2 is 1.52 bits per heavy atom. The van der Waals surface area contributed by atoms with Gasteiger partial charge in [-0.3, -0.25) is 0 Å². The lowest BCUT2D eigenvalue weighted by atomic mass is 9.98. The molecule has 0 fully saturated rings. The summed E-state index contributed by atoms with van der Waals surface area (Å²) < 4.78 is 27.4. The number of benzene rings is 2. The molecule has 0 aliphatic carbocycles. The molecule has 0 radical (unpaired) electrons. The fraction of sp³-hybridized carbons (Fsp3) is 0.227. The van der Waals surface area contributed by atoms with Crippen LogP contribution < -0.4 is 0 Å². The van der Waals surface area contributed by atoms with Crippen molar-refractivity contribution < 1.29 is 8.78 Å². The van der Waals surface area contributed by atoms with Gasteiger partial charge in [0, 0.05) is 17.3 Å². The number of nitrogens with zero attached hydrogens (tertiary/aromatic N) is 1. The molecule has 2 aromatic carbocycles. The Morgan fingerprint density at radius 3 is 2.16 bits per heavy atom. The van der Waals surface area contributed by atoms with Crippen molar-refractivity contribution in [2.75, 3.05) is 0 Å². The highest BCUT2D eigenvalue weighted by Gasteiger charge is 2.07. The summed E-state index contributed by atoms with van der Waals surface area (Å²) in [5, 5.41) is 0. The van der Waals surface area contributed by atoms with Crippen LogP contribution in [0.5, 0.6) is 0 Å². The Bertz CT molecular complexity index is 824. The predicted octanol–water partition coefficient (Wildman–Crippen LogP) is 6.43. The van der Waals surface area contributed by atoms with Crippen LogP contribution in [-0.2, 0) is 6.42 Å². The average molecular weight is 337 g/mol. The molecule has 0 saturated heterocycles. The lowest BCUT2D eigenvalue weighted by Gasteiger charge is -2.08. The third kappa shape index (κ3) is 4.30. The van der Waals surface area contributed by atoms with Crippen LogP contribution in [0.3, 0.4) is 0 Å². The lowest BCUT2D eigenvalue weighted by Crippen LogP contribution is -1.91. The van der Waals surface area contributed by atoms with E-state index in [9.17, 15) is 8.78 Å². The quantitative estimate of drug-likeness (QED) is 0.373. The molecule has 1 aromatic heterocycles. The summed E-state index contributed by atoms with van der Waals surface area (Å²) in [4.78, 5) is 3.66. The van der Waals surface area contributed by atoms with Gasteiger partial charge < -0.3 is 0 Å². The maximum Gasteiger partial charge on any atom is 0.212 e. The highest BCUT2D eigenvalue weighted by atomic mass is 19.1. The van der Waals surface area contributed by atoms with E-state index in [1.165, 1.54) is 18.7 Å². The second-order valence-corrected chi connectivity index (χ2v) is 6.22. The normalized spacial score (nSPS) is 10.8.